The van der Waals surface area contributed by atoms with Gasteiger partial charge in [-0.15, -0.1) is 0 Å². The van der Waals surface area contributed by atoms with E-state index in [0.29, 0.717) is 12.8 Å². The van der Waals surface area contributed by atoms with E-state index in [2.05, 4.69) is 10.3 Å². The number of carboxylic acids is 1. The second kappa shape index (κ2) is 6.95. The van der Waals surface area contributed by atoms with Crippen LogP contribution < -0.4 is 10.1 Å². The average Bonchev–Trinajstić information content (AvgIpc) is 2.98. The number of methoxy groups -OCH3 is 1. The number of nitrogens with one attached hydrogen (secondary N) is 2. The van der Waals surface area contributed by atoms with Crippen LogP contribution in [0.4, 0.5) is 0 Å². The fraction of sp³-hybridized carbons (Fsp3) is 0.444. The van der Waals surface area contributed by atoms with Crippen molar-refractivity contribution in [1.29, 1.82) is 0 Å². The first kappa shape index (κ1) is 16.4. The predicted octanol–water partition coefficient (Wildman–Crippen LogP) is 2.48. The molecule has 1 fully saturated rings. The normalized spacial score (nSPS) is 20.7. The van der Waals surface area contributed by atoms with Crippen LogP contribution in [0, 0.1) is 5.92 Å². The fourth-order valence-electron chi connectivity index (χ4n) is 3.47. The van der Waals surface area contributed by atoms with Crippen LogP contribution in [0.5, 0.6) is 5.75 Å². The smallest absolute Gasteiger partial charge is 0.306 e. The Morgan fingerprint density at radius 2 is 2.04 bits per heavy atom. The second-order valence-electron chi connectivity index (χ2n) is 6.33. The third kappa shape index (κ3) is 3.37. The number of amides is 1. The molecule has 2 aromatic rings. The van der Waals surface area contributed by atoms with E-state index in [-0.39, 0.29) is 24.3 Å². The molecule has 1 aliphatic rings. The fourth-order valence-corrected chi connectivity index (χ4v) is 3.47. The second-order valence-corrected chi connectivity index (χ2v) is 6.33. The average molecular weight is 330 g/mol. The first-order chi connectivity index (χ1) is 11.6. The van der Waals surface area contributed by atoms with Gasteiger partial charge in [-0.3, -0.25) is 9.59 Å². The Kier molecular flexibility index (Phi) is 4.74. The Morgan fingerprint density at radius 1 is 1.29 bits per heavy atom. The van der Waals surface area contributed by atoms with Gasteiger partial charge >= 0.3 is 5.97 Å². The lowest BCUT2D eigenvalue weighted by Crippen LogP contribution is -2.39. The summed E-state index contributed by atoms with van der Waals surface area (Å²) in [5, 5.41) is 13.0. The van der Waals surface area contributed by atoms with E-state index >= 15 is 0 Å². The maximum absolute atomic E-state index is 12.4. The van der Waals surface area contributed by atoms with Gasteiger partial charge in [0.15, 0.2) is 0 Å². The summed E-state index contributed by atoms with van der Waals surface area (Å²) in [6.45, 7) is 0. The van der Waals surface area contributed by atoms with Gasteiger partial charge in [-0.2, -0.15) is 0 Å². The third-order valence-corrected chi connectivity index (χ3v) is 4.76. The number of carbonyl (C=O) groups excluding carboxylic acids is 1. The molecule has 1 heterocycles. The van der Waals surface area contributed by atoms with Gasteiger partial charge in [-0.1, -0.05) is 6.07 Å². The molecule has 6 heteroatoms. The first-order valence-electron chi connectivity index (χ1n) is 8.23. The number of hydrogen-bond donors (Lipinski definition) is 3. The van der Waals surface area contributed by atoms with Crippen LogP contribution in [0.25, 0.3) is 10.9 Å². The number of benzene rings is 1. The largest absolute Gasteiger partial charge is 0.496 e. The minimum absolute atomic E-state index is 0.0411. The minimum Gasteiger partial charge on any atom is -0.496 e. The van der Waals surface area contributed by atoms with Crippen LogP contribution in [0.1, 0.15) is 31.2 Å². The molecule has 3 N–H and O–H groups in total. The van der Waals surface area contributed by atoms with E-state index in [1.165, 1.54) is 0 Å². The molecule has 1 saturated carbocycles. The summed E-state index contributed by atoms with van der Waals surface area (Å²) in [5.41, 5.74) is 1.85. The standard InChI is InChI=1S/C18H22N2O4/c1-24-15-4-2-3-14-17(15)12(10-19-14)9-16(21)20-13-7-5-11(6-8-13)18(22)23/h2-4,10-11,13,19H,5-9H2,1H3,(H,20,21)(H,22,23). The van der Waals surface area contributed by atoms with Crippen LogP contribution in [0.15, 0.2) is 24.4 Å². The molecule has 3 rings (SSSR count). The molecule has 0 unspecified atom stereocenters. The molecule has 6 nitrogen and oxygen atoms in total. The maximum Gasteiger partial charge on any atom is 0.306 e. The minimum atomic E-state index is -0.731. The molecule has 24 heavy (non-hydrogen) atoms. The van der Waals surface area contributed by atoms with Crippen molar-refractivity contribution in [3.05, 3.63) is 30.0 Å². The van der Waals surface area contributed by atoms with Crippen molar-refractivity contribution in [3.8, 4) is 5.75 Å². The Balaban J connectivity index is 1.63. The Hall–Kier alpha value is -2.50. The van der Waals surface area contributed by atoms with Crippen molar-refractivity contribution in [1.82, 2.24) is 10.3 Å². The van der Waals surface area contributed by atoms with Gasteiger partial charge in [-0.05, 0) is 43.4 Å². The van der Waals surface area contributed by atoms with Crippen molar-refractivity contribution >= 4 is 22.8 Å². The van der Waals surface area contributed by atoms with Gasteiger partial charge in [0.2, 0.25) is 5.91 Å². The summed E-state index contributed by atoms with van der Waals surface area (Å²) in [7, 11) is 1.62. The van der Waals surface area contributed by atoms with Gasteiger partial charge in [0.1, 0.15) is 5.75 Å². The molecule has 0 saturated heterocycles. The monoisotopic (exact) mass is 330 g/mol. The Morgan fingerprint density at radius 3 is 2.71 bits per heavy atom. The summed E-state index contributed by atoms with van der Waals surface area (Å²) in [6, 6.07) is 5.81. The van der Waals surface area contributed by atoms with Crippen LogP contribution in [0.3, 0.4) is 0 Å². The molecule has 0 atom stereocenters. The van der Waals surface area contributed by atoms with E-state index in [1.54, 1.807) is 7.11 Å². The van der Waals surface area contributed by atoms with Gasteiger partial charge in [0, 0.05) is 23.1 Å². The molecule has 128 valence electrons. The molecular weight excluding hydrogens is 308 g/mol. The molecule has 1 aromatic carbocycles. The van der Waals surface area contributed by atoms with Gasteiger partial charge in [0.05, 0.1) is 19.4 Å². The number of fused-ring (bicyclic) bond motifs is 1. The highest BCUT2D eigenvalue weighted by Gasteiger charge is 2.26. The summed E-state index contributed by atoms with van der Waals surface area (Å²) in [5.74, 6) is -0.291. The summed E-state index contributed by atoms with van der Waals surface area (Å²) >= 11 is 0. The van der Waals surface area contributed by atoms with Crippen LogP contribution >= 0.6 is 0 Å². The SMILES string of the molecule is COc1cccc2[nH]cc(CC(=O)NC3CCC(C(=O)O)CC3)c12. The molecule has 0 bridgehead atoms. The maximum atomic E-state index is 12.4. The number of carbonyl (C=O) groups is 2. The van der Waals surface area contributed by atoms with Gasteiger partial charge < -0.3 is 20.1 Å². The lowest BCUT2D eigenvalue weighted by molar-refractivity contribution is -0.142. The molecule has 0 radical (unpaired) electrons. The summed E-state index contributed by atoms with van der Waals surface area (Å²) < 4.78 is 5.38. The number of carboxylic acid groups (broad SMARTS) is 1. The molecule has 0 aliphatic heterocycles. The van der Waals surface area contributed by atoms with Crippen molar-refractivity contribution < 1.29 is 19.4 Å². The van der Waals surface area contributed by atoms with Crippen LogP contribution in [0.2, 0.25) is 0 Å². The Labute approximate surface area is 140 Å². The summed E-state index contributed by atoms with van der Waals surface area (Å²) in [4.78, 5) is 26.5. The highest BCUT2D eigenvalue weighted by atomic mass is 16.5. The van der Waals surface area contributed by atoms with Crippen LogP contribution in [-0.4, -0.2) is 35.1 Å². The van der Waals surface area contributed by atoms with Crippen LogP contribution in [-0.2, 0) is 16.0 Å². The number of rotatable bonds is 5. The lowest BCUT2D eigenvalue weighted by Gasteiger charge is -2.26. The highest BCUT2D eigenvalue weighted by molar-refractivity contribution is 5.93. The number of ether oxygens (including phenoxy) is 1. The number of aliphatic carboxylic acids is 1. The Bertz CT molecular complexity index is 745. The van der Waals surface area contributed by atoms with Crippen molar-refractivity contribution in [2.45, 2.75) is 38.1 Å². The van der Waals surface area contributed by atoms with Crippen molar-refractivity contribution in [2.24, 2.45) is 5.92 Å². The number of H-pyrrole nitrogens is 1. The zero-order valence-electron chi connectivity index (χ0n) is 13.7. The van der Waals surface area contributed by atoms with Gasteiger partial charge in [0.25, 0.3) is 0 Å². The van der Waals surface area contributed by atoms with E-state index in [9.17, 15) is 9.59 Å². The zero-order chi connectivity index (χ0) is 17.1. The first-order valence-corrected chi connectivity index (χ1v) is 8.23. The van der Waals surface area contributed by atoms with Gasteiger partial charge in [-0.25, -0.2) is 0 Å². The van der Waals surface area contributed by atoms with E-state index in [1.807, 2.05) is 24.4 Å². The molecule has 1 aromatic heterocycles. The molecule has 1 aliphatic carbocycles. The number of hydrogen-bond acceptors (Lipinski definition) is 3. The summed E-state index contributed by atoms with van der Waals surface area (Å²) in [6.07, 6.45) is 4.82. The topological polar surface area (TPSA) is 91.4 Å². The number of aromatic amines is 1. The lowest BCUT2D eigenvalue weighted by atomic mass is 9.86. The van der Waals surface area contributed by atoms with E-state index < -0.39 is 5.97 Å². The third-order valence-electron chi connectivity index (χ3n) is 4.76. The molecule has 1 amide bonds. The van der Waals surface area contributed by atoms with Crippen molar-refractivity contribution in [2.75, 3.05) is 7.11 Å². The molecular formula is C18H22N2O4. The predicted molar refractivity (Wildman–Crippen MR) is 90.1 cm³/mol. The highest BCUT2D eigenvalue weighted by Crippen LogP contribution is 2.29. The van der Waals surface area contributed by atoms with E-state index in [4.69, 9.17) is 9.84 Å². The van der Waals surface area contributed by atoms with Crippen molar-refractivity contribution in [3.63, 3.8) is 0 Å². The van der Waals surface area contributed by atoms with E-state index in [0.717, 1.165) is 35.1 Å². The number of aromatic nitrogens is 1. The quantitative estimate of drug-likeness (QED) is 0.785. The zero-order valence-corrected chi connectivity index (χ0v) is 13.7. The molecule has 0 spiro atoms.